The molecule has 0 aliphatic rings. The number of rotatable bonds is 4. The lowest BCUT2D eigenvalue weighted by molar-refractivity contribution is 0.669. The van der Waals surface area contributed by atoms with Crippen LogP contribution in [0.25, 0.3) is 52.4 Å². The van der Waals surface area contributed by atoms with Gasteiger partial charge in [-0.25, -0.2) is 19.4 Å². The largest absolute Gasteiger partial charge is 0.456 e. The summed E-state index contributed by atoms with van der Waals surface area (Å²) >= 11 is 0. The van der Waals surface area contributed by atoms with Gasteiger partial charge in [-0.1, -0.05) is 36.4 Å². The topological polar surface area (TPSA) is 126 Å². The minimum Gasteiger partial charge on any atom is -0.456 e. The van der Waals surface area contributed by atoms with Gasteiger partial charge in [0.25, 0.3) is 0 Å². The molecule has 48 heavy (non-hydrogen) atoms. The Balaban J connectivity index is 1.70. The van der Waals surface area contributed by atoms with E-state index < -0.39 is 0 Å². The number of hydrogen-bond donors (Lipinski definition) is 0. The van der Waals surface area contributed by atoms with Crippen molar-refractivity contribution in [3.63, 3.8) is 0 Å². The highest BCUT2D eigenvalue weighted by molar-refractivity contribution is 6.06. The van der Waals surface area contributed by atoms with Crippen molar-refractivity contribution in [1.29, 1.82) is 21.0 Å². The fraction of sp³-hybridized carbons (Fsp3) is 0. The number of furan rings is 1. The van der Waals surface area contributed by atoms with E-state index in [-0.39, 0.29) is 67.6 Å². The molecule has 9 nitrogen and oxygen atoms in total. The molecule has 0 bridgehead atoms. The van der Waals surface area contributed by atoms with Gasteiger partial charge < -0.3 is 4.42 Å². The summed E-state index contributed by atoms with van der Waals surface area (Å²) < 4.78 is 6.05. The van der Waals surface area contributed by atoms with E-state index in [1.165, 1.54) is 36.4 Å². The number of hydrogen-bond acceptors (Lipinski definition) is 5. The highest BCUT2D eigenvalue weighted by Gasteiger charge is 2.31. The normalized spacial score (nSPS) is 10.1. The van der Waals surface area contributed by atoms with Crippen LogP contribution in [0.3, 0.4) is 0 Å². The molecule has 1 radical (unpaired) electrons. The predicted molar refractivity (Wildman–Crippen MR) is 176 cm³/mol. The monoisotopic (exact) mass is 609 g/mol. The molecule has 0 amide bonds. The Bertz CT molecular complexity index is 2530. The maximum absolute atomic E-state index is 10.5. The molecule has 215 valence electrons. The number of fused-ring (bicyclic) bond motifs is 3. The average Bonchev–Trinajstić information content (AvgIpc) is 3.51. The molecule has 1 heterocycles. The van der Waals surface area contributed by atoms with Crippen molar-refractivity contribution in [2.75, 3.05) is 0 Å². The molecule has 0 N–H and O–H groups in total. The van der Waals surface area contributed by atoms with Crippen LogP contribution in [0.15, 0.2) is 83.3 Å². The summed E-state index contributed by atoms with van der Waals surface area (Å²) in [5.41, 5.74) is 2.08. The number of para-hydroxylation sites is 1. The molecular formula is C39H13N8O. The van der Waals surface area contributed by atoms with Crippen molar-refractivity contribution in [3.05, 3.63) is 169 Å². The van der Waals surface area contributed by atoms with Crippen LogP contribution in [0.5, 0.6) is 0 Å². The first kappa shape index (κ1) is 29.9. The molecule has 1 aromatic heterocycles. The van der Waals surface area contributed by atoms with Gasteiger partial charge in [0.05, 0.1) is 61.7 Å². The van der Waals surface area contributed by atoms with Crippen molar-refractivity contribution >= 4 is 44.7 Å². The van der Waals surface area contributed by atoms with Gasteiger partial charge in [0.15, 0.2) is 22.7 Å². The van der Waals surface area contributed by atoms with Crippen LogP contribution in [0.2, 0.25) is 0 Å². The molecule has 0 atom stereocenters. The molecule has 5 aromatic carbocycles. The molecule has 0 fully saturated rings. The van der Waals surface area contributed by atoms with E-state index >= 15 is 0 Å². The predicted octanol–water partition coefficient (Wildman–Crippen LogP) is 9.96. The average molecular weight is 610 g/mol. The summed E-state index contributed by atoms with van der Waals surface area (Å²) in [4.78, 5) is 13.9. The Labute approximate surface area is 274 Å². The quantitative estimate of drug-likeness (QED) is 0.145. The van der Waals surface area contributed by atoms with Crippen molar-refractivity contribution < 1.29 is 4.42 Å². The van der Waals surface area contributed by atoms with E-state index in [4.69, 9.17) is 30.7 Å². The van der Waals surface area contributed by atoms with Gasteiger partial charge in [0, 0.05) is 33.4 Å². The minimum atomic E-state index is -0.111. The molecular weight excluding hydrogens is 596 g/mol. The zero-order valence-corrected chi connectivity index (χ0v) is 24.5. The highest BCUT2D eigenvalue weighted by atomic mass is 16.3. The Morgan fingerprint density at radius 2 is 1.06 bits per heavy atom. The third-order valence-corrected chi connectivity index (χ3v) is 7.78. The second kappa shape index (κ2) is 12.1. The SMILES string of the molecule is [C-]#[N+]c1cc(C#N)c([C](c2cc(C#N)c(-c3ccc4c(c3)oc3ccccc34)c(C#N)c2)c2c(C#N)cc([N+]#[C-])cc2[N+]#[C-])c([N+]#[C-])c1. The second-order valence-electron chi connectivity index (χ2n) is 10.3. The molecule has 0 aliphatic heterocycles. The van der Waals surface area contributed by atoms with Crippen LogP contribution < -0.4 is 0 Å². The Kier molecular flexibility index (Phi) is 7.51. The number of nitriles is 4. The van der Waals surface area contributed by atoms with Crippen LogP contribution in [-0.2, 0) is 0 Å². The molecule has 6 aromatic rings. The van der Waals surface area contributed by atoms with Gasteiger partial charge in [0.2, 0.25) is 0 Å². The maximum atomic E-state index is 10.5. The summed E-state index contributed by atoms with van der Waals surface area (Å²) in [6.45, 7) is 30.8. The Morgan fingerprint density at radius 3 is 1.56 bits per heavy atom. The first-order valence-electron chi connectivity index (χ1n) is 13.9. The smallest absolute Gasteiger partial charge is 0.182 e. The van der Waals surface area contributed by atoms with Gasteiger partial charge in [-0.2, -0.15) is 21.0 Å². The Hall–Kier alpha value is -8.18. The summed E-state index contributed by atoms with van der Waals surface area (Å²) in [6, 6.07) is 29.4. The van der Waals surface area contributed by atoms with E-state index in [0.29, 0.717) is 22.3 Å². The lowest BCUT2D eigenvalue weighted by Gasteiger charge is -2.24. The number of nitrogens with zero attached hydrogens (tertiary/aromatic N) is 8. The molecule has 0 aliphatic carbocycles. The molecule has 0 saturated heterocycles. The first-order chi connectivity index (χ1) is 23.4. The first-order valence-corrected chi connectivity index (χ1v) is 13.9. The molecule has 0 saturated carbocycles. The summed E-state index contributed by atoms with van der Waals surface area (Å²) in [6.07, 6.45) is 0. The van der Waals surface area contributed by atoms with Gasteiger partial charge >= 0.3 is 0 Å². The lowest BCUT2D eigenvalue weighted by Crippen LogP contribution is -2.11. The van der Waals surface area contributed by atoms with Crippen LogP contribution in [-0.4, -0.2) is 0 Å². The van der Waals surface area contributed by atoms with E-state index in [0.717, 1.165) is 10.8 Å². The van der Waals surface area contributed by atoms with Crippen LogP contribution in [0.4, 0.5) is 22.7 Å². The lowest BCUT2D eigenvalue weighted by atomic mass is 9.77. The van der Waals surface area contributed by atoms with Crippen LogP contribution in [0, 0.1) is 77.5 Å². The Morgan fingerprint density at radius 1 is 0.542 bits per heavy atom. The summed E-state index contributed by atoms with van der Waals surface area (Å²) in [5.74, 6) is 0.0560. The van der Waals surface area contributed by atoms with Gasteiger partial charge in [-0.3, -0.25) is 0 Å². The zero-order chi connectivity index (χ0) is 33.9. The molecule has 9 heteroatoms. The second-order valence-corrected chi connectivity index (χ2v) is 10.3. The minimum absolute atomic E-state index is 0.0149. The maximum Gasteiger partial charge on any atom is 0.182 e. The van der Waals surface area contributed by atoms with Crippen molar-refractivity contribution in [2.45, 2.75) is 0 Å². The van der Waals surface area contributed by atoms with Gasteiger partial charge in [0.1, 0.15) is 11.2 Å². The van der Waals surface area contributed by atoms with E-state index in [9.17, 15) is 21.0 Å². The van der Waals surface area contributed by atoms with Crippen LogP contribution >= 0.6 is 0 Å². The van der Waals surface area contributed by atoms with Crippen molar-refractivity contribution in [3.8, 4) is 35.4 Å². The fourth-order valence-corrected chi connectivity index (χ4v) is 5.80. The standard InChI is InChI=1S/C39H13N8O/c1-44-28-13-26(20-42)37(32(16-28)46-3)39(38-27(21-43)14-29(45-2)17-33(38)47-4)23-11-24(18-40)36(25(12-23)19-41)22-9-10-31-30-7-5-6-8-34(30)48-35(31)15-22/h5-17H. The van der Waals surface area contributed by atoms with Crippen molar-refractivity contribution in [2.24, 2.45) is 0 Å². The third kappa shape index (κ3) is 4.76. The molecule has 0 spiro atoms. The number of benzene rings is 5. The summed E-state index contributed by atoms with van der Waals surface area (Å²) in [7, 11) is 0. The summed E-state index contributed by atoms with van der Waals surface area (Å²) in [5, 5.41) is 43.1. The van der Waals surface area contributed by atoms with E-state index in [2.05, 4.69) is 31.5 Å². The molecule has 0 unspecified atom stereocenters. The fourth-order valence-electron chi connectivity index (χ4n) is 5.80. The molecule has 6 rings (SSSR count). The highest BCUT2D eigenvalue weighted by Crippen LogP contribution is 2.47. The van der Waals surface area contributed by atoms with E-state index in [1.54, 1.807) is 12.1 Å². The van der Waals surface area contributed by atoms with Gasteiger partial charge in [-0.15, -0.1) is 0 Å². The van der Waals surface area contributed by atoms with Gasteiger partial charge in [-0.05, 0) is 64.7 Å². The third-order valence-electron chi connectivity index (χ3n) is 7.78. The van der Waals surface area contributed by atoms with Crippen molar-refractivity contribution in [1.82, 2.24) is 0 Å². The zero-order valence-electron chi connectivity index (χ0n) is 24.5. The van der Waals surface area contributed by atoms with E-state index in [1.807, 2.05) is 42.5 Å². The van der Waals surface area contributed by atoms with Crippen LogP contribution in [0.1, 0.15) is 38.9 Å².